The second-order valence-corrected chi connectivity index (χ2v) is 7.17. The van der Waals surface area contributed by atoms with Gasteiger partial charge < -0.3 is 25.6 Å². The molecule has 0 aliphatic carbocycles. The number of aliphatic hydroxyl groups is 1. The molecule has 7 heteroatoms. The number of rotatable bonds is 7. The van der Waals surface area contributed by atoms with Crippen LogP contribution >= 0.6 is 0 Å². The van der Waals surface area contributed by atoms with Crippen molar-refractivity contribution in [1.29, 1.82) is 0 Å². The molecular weight excluding hydrogens is 368 g/mol. The van der Waals surface area contributed by atoms with E-state index in [0.717, 1.165) is 43.7 Å². The third kappa shape index (κ3) is 5.85. The normalized spacial score (nSPS) is 15.9. The van der Waals surface area contributed by atoms with Gasteiger partial charge in [-0.15, -0.1) is 0 Å². The fourth-order valence-electron chi connectivity index (χ4n) is 3.46. The molecule has 0 unspecified atom stereocenters. The maximum atomic E-state index is 9.70. The van der Waals surface area contributed by atoms with Crippen molar-refractivity contribution in [2.75, 3.05) is 32.6 Å². The smallest absolute Gasteiger partial charge is 0.193 e. The van der Waals surface area contributed by atoms with Crippen LogP contribution in [0.5, 0.6) is 11.5 Å². The van der Waals surface area contributed by atoms with Crippen LogP contribution in [0.15, 0.2) is 47.5 Å². The Morgan fingerprint density at radius 3 is 2.48 bits per heavy atom. The first-order valence-electron chi connectivity index (χ1n) is 9.85. The number of guanidine groups is 1. The highest BCUT2D eigenvalue weighted by Crippen LogP contribution is 2.29. The monoisotopic (exact) mass is 398 g/mol. The predicted molar refractivity (Wildman–Crippen MR) is 115 cm³/mol. The van der Waals surface area contributed by atoms with Crippen LogP contribution in [-0.2, 0) is 13.1 Å². The van der Waals surface area contributed by atoms with Gasteiger partial charge in [-0.1, -0.05) is 24.3 Å². The van der Waals surface area contributed by atoms with E-state index in [2.05, 4.69) is 27.3 Å². The fourth-order valence-corrected chi connectivity index (χ4v) is 3.46. The molecule has 1 heterocycles. The van der Waals surface area contributed by atoms with E-state index in [1.165, 1.54) is 5.56 Å². The van der Waals surface area contributed by atoms with E-state index < -0.39 is 0 Å². The molecule has 0 aromatic heterocycles. The van der Waals surface area contributed by atoms with Crippen molar-refractivity contribution >= 4 is 11.6 Å². The minimum absolute atomic E-state index is 0.159. The lowest BCUT2D eigenvalue weighted by Gasteiger charge is -2.30. The predicted octanol–water partition coefficient (Wildman–Crippen LogP) is 2.59. The average molecular weight is 399 g/mol. The van der Waals surface area contributed by atoms with Crippen LogP contribution in [0.4, 0.5) is 5.69 Å². The molecule has 2 aromatic carbocycles. The Labute approximate surface area is 172 Å². The first-order valence-corrected chi connectivity index (χ1v) is 9.85. The quantitative estimate of drug-likeness (QED) is 0.490. The highest BCUT2D eigenvalue weighted by molar-refractivity contribution is 5.92. The van der Waals surface area contributed by atoms with E-state index in [9.17, 15) is 5.11 Å². The van der Waals surface area contributed by atoms with Gasteiger partial charge in [0.15, 0.2) is 17.5 Å². The minimum Gasteiger partial charge on any atom is -0.493 e. The zero-order chi connectivity index (χ0) is 20.6. The van der Waals surface area contributed by atoms with Gasteiger partial charge in [0.1, 0.15) is 0 Å². The van der Waals surface area contributed by atoms with Crippen LogP contribution in [-0.4, -0.2) is 49.4 Å². The lowest BCUT2D eigenvalue weighted by molar-refractivity contribution is 0.0791. The molecule has 156 valence electrons. The third-order valence-electron chi connectivity index (χ3n) is 5.15. The zero-order valence-corrected chi connectivity index (χ0v) is 17.1. The number of hydrogen-bond acceptors (Lipinski definition) is 5. The minimum atomic E-state index is -0.159. The molecule has 0 saturated carbocycles. The van der Waals surface area contributed by atoms with Gasteiger partial charge in [0.05, 0.1) is 26.9 Å². The van der Waals surface area contributed by atoms with Crippen molar-refractivity contribution in [1.82, 2.24) is 4.90 Å². The number of hydrogen-bond donors (Lipinski definition) is 3. The molecule has 0 radical (unpaired) electrons. The van der Waals surface area contributed by atoms with Gasteiger partial charge >= 0.3 is 0 Å². The summed E-state index contributed by atoms with van der Waals surface area (Å²) in [6, 6.07) is 13.8. The van der Waals surface area contributed by atoms with Gasteiger partial charge in [0.2, 0.25) is 0 Å². The van der Waals surface area contributed by atoms with Crippen molar-refractivity contribution < 1.29 is 14.6 Å². The Morgan fingerprint density at radius 1 is 1.10 bits per heavy atom. The molecule has 7 nitrogen and oxygen atoms in total. The van der Waals surface area contributed by atoms with Crippen molar-refractivity contribution in [3.8, 4) is 11.5 Å². The number of benzene rings is 2. The lowest BCUT2D eigenvalue weighted by atomic mass is 10.0. The topological polar surface area (TPSA) is 92.3 Å². The van der Waals surface area contributed by atoms with Crippen LogP contribution in [0.1, 0.15) is 24.0 Å². The maximum Gasteiger partial charge on any atom is 0.193 e. The number of piperidine rings is 1. The molecule has 1 aliphatic rings. The van der Waals surface area contributed by atoms with Gasteiger partial charge in [-0.3, -0.25) is 4.90 Å². The maximum absolute atomic E-state index is 9.70. The van der Waals surface area contributed by atoms with Gasteiger partial charge in [0, 0.05) is 31.4 Å². The van der Waals surface area contributed by atoms with Gasteiger partial charge in [-0.25, -0.2) is 4.99 Å². The summed E-state index contributed by atoms with van der Waals surface area (Å²) in [5.74, 6) is 1.63. The number of nitrogens with zero attached hydrogens (tertiary/aromatic N) is 2. The standard InChI is InChI=1S/C22H30N4O3/c1-28-20-8-7-18(13-21(20)29-2)25-22(23)24-14-16-5-3-4-6-17(16)15-26-11-9-19(27)10-12-26/h3-8,13,19,27H,9-12,14-15H2,1-2H3,(H3,23,24,25). The van der Waals surface area contributed by atoms with Crippen molar-refractivity contribution in [2.24, 2.45) is 10.7 Å². The van der Waals surface area contributed by atoms with Crippen molar-refractivity contribution in [2.45, 2.75) is 32.0 Å². The summed E-state index contributed by atoms with van der Waals surface area (Å²) < 4.78 is 10.6. The molecule has 4 N–H and O–H groups in total. The summed E-state index contributed by atoms with van der Waals surface area (Å²) in [7, 11) is 3.20. The van der Waals surface area contributed by atoms with E-state index in [0.29, 0.717) is 24.0 Å². The fraction of sp³-hybridized carbons (Fsp3) is 0.409. The van der Waals surface area contributed by atoms with Crippen molar-refractivity contribution in [3.63, 3.8) is 0 Å². The molecule has 0 amide bonds. The largest absolute Gasteiger partial charge is 0.493 e. The van der Waals surface area contributed by atoms with E-state index >= 15 is 0 Å². The highest BCUT2D eigenvalue weighted by atomic mass is 16.5. The SMILES string of the molecule is COc1ccc(NC(N)=NCc2ccccc2CN2CCC(O)CC2)cc1OC. The molecule has 0 bridgehead atoms. The van der Waals surface area contributed by atoms with E-state index in [4.69, 9.17) is 15.2 Å². The van der Waals surface area contributed by atoms with E-state index in [-0.39, 0.29) is 6.10 Å². The summed E-state index contributed by atoms with van der Waals surface area (Å²) in [5.41, 5.74) is 9.27. The molecule has 1 saturated heterocycles. The summed E-state index contributed by atoms with van der Waals surface area (Å²) >= 11 is 0. The number of aliphatic imine (C=N–C) groups is 1. The number of ether oxygens (including phenoxy) is 2. The second-order valence-electron chi connectivity index (χ2n) is 7.17. The number of nitrogens with one attached hydrogen (secondary N) is 1. The molecule has 1 aliphatic heterocycles. The van der Waals surface area contributed by atoms with Crippen LogP contribution in [0.25, 0.3) is 0 Å². The molecule has 3 rings (SSSR count). The molecular formula is C22H30N4O3. The second kappa shape index (κ2) is 10.1. The molecule has 1 fully saturated rings. The number of likely N-dealkylation sites (tertiary alicyclic amines) is 1. The Hall–Kier alpha value is -2.77. The molecule has 0 spiro atoms. The van der Waals surface area contributed by atoms with Crippen LogP contribution < -0.4 is 20.5 Å². The number of nitrogens with two attached hydrogens (primary N) is 1. The number of anilines is 1. The summed E-state index contributed by atoms with van der Waals surface area (Å²) in [5, 5.41) is 12.8. The Bertz CT molecular complexity index is 833. The molecule has 29 heavy (non-hydrogen) atoms. The summed E-state index contributed by atoms with van der Waals surface area (Å²) in [4.78, 5) is 6.88. The third-order valence-corrected chi connectivity index (χ3v) is 5.15. The van der Waals surface area contributed by atoms with Gasteiger partial charge in [-0.2, -0.15) is 0 Å². The number of aliphatic hydroxyl groups excluding tert-OH is 1. The van der Waals surface area contributed by atoms with Crippen LogP contribution in [0, 0.1) is 0 Å². The molecule has 0 atom stereocenters. The first-order chi connectivity index (χ1) is 14.1. The zero-order valence-electron chi connectivity index (χ0n) is 17.1. The lowest BCUT2D eigenvalue weighted by Crippen LogP contribution is -2.35. The Kier molecular flexibility index (Phi) is 7.32. The summed E-state index contributed by atoms with van der Waals surface area (Å²) in [6.07, 6.45) is 1.51. The Balaban J connectivity index is 1.63. The number of methoxy groups -OCH3 is 2. The molecule has 2 aromatic rings. The van der Waals surface area contributed by atoms with Crippen LogP contribution in [0.2, 0.25) is 0 Å². The van der Waals surface area contributed by atoms with Crippen molar-refractivity contribution in [3.05, 3.63) is 53.6 Å². The Morgan fingerprint density at radius 2 is 1.79 bits per heavy atom. The first kappa shape index (κ1) is 21.0. The van der Waals surface area contributed by atoms with Gasteiger partial charge in [-0.05, 0) is 36.1 Å². The van der Waals surface area contributed by atoms with E-state index in [1.54, 1.807) is 14.2 Å². The summed E-state index contributed by atoms with van der Waals surface area (Å²) in [6.45, 7) is 3.20. The van der Waals surface area contributed by atoms with Crippen LogP contribution in [0.3, 0.4) is 0 Å². The highest BCUT2D eigenvalue weighted by Gasteiger charge is 2.17. The average Bonchev–Trinajstić information content (AvgIpc) is 2.74. The van der Waals surface area contributed by atoms with Gasteiger partial charge in [0.25, 0.3) is 0 Å². The van der Waals surface area contributed by atoms with E-state index in [1.807, 2.05) is 30.3 Å².